The number of benzene rings is 2. The zero-order chi connectivity index (χ0) is 26.3. The highest BCUT2D eigenvalue weighted by atomic mass is 16.2. The second-order valence-electron chi connectivity index (χ2n) is 10.2. The molecule has 1 aliphatic rings. The Hall–Kier alpha value is -3.87. The van der Waals surface area contributed by atoms with Gasteiger partial charge in [0, 0.05) is 55.2 Å². The van der Waals surface area contributed by atoms with Crippen molar-refractivity contribution in [3.63, 3.8) is 0 Å². The van der Waals surface area contributed by atoms with Crippen molar-refractivity contribution in [1.82, 2.24) is 19.2 Å². The van der Waals surface area contributed by atoms with Gasteiger partial charge in [-0.15, -0.1) is 0 Å². The van der Waals surface area contributed by atoms with Crippen molar-refractivity contribution in [1.29, 1.82) is 0 Å². The molecule has 0 bridgehead atoms. The Labute approximate surface area is 217 Å². The third-order valence-corrected chi connectivity index (χ3v) is 7.90. The fraction of sp³-hybridized carbons (Fsp3) is 0.367. The van der Waals surface area contributed by atoms with Gasteiger partial charge in [0.05, 0.1) is 11.6 Å². The molecule has 0 N–H and O–H groups in total. The van der Waals surface area contributed by atoms with Crippen molar-refractivity contribution in [3.05, 3.63) is 92.7 Å². The molecule has 0 unspecified atom stereocenters. The smallest absolute Gasteiger partial charge is 0.276 e. The predicted molar refractivity (Wildman–Crippen MR) is 148 cm³/mol. The van der Waals surface area contributed by atoms with Crippen LogP contribution in [0.5, 0.6) is 0 Å². The largest absolute Gasteiger partial charge is 0.368 e. The molecule has 1 saturated heterocycles. The number of hydrogen-bond donors (Lipinski definition) is 0. The SMILES string of the molecule is Cc1ccc(Cn2c(C)c3cnn(CC(=O)N4CCN(c5cccc(C)c5C)CC4)c(=O)c3c2C)cc1. The predicted octanol–water partition coefficient (Wildman–Crippen LogP) is 4.14. The number of fused-ring (bicyclic) bond motifs is 1. The zero-order valence-corrected chi connectivity index (χ0v) is 22.4. The number of amides is 1. The maximum Gasteiger partial charge on any atom is 0.276 e. The number of aryl methyl sites for hydroxylation is 4. The molecular formula is C30H35N5O2. The Balaban J connectivity index is 1.32. The molecule has 0 spiro atoms. The summed E-state index contributed by atoms with van der Waals surface area (Å²) in [6, 6.07) is 14.8. The number of carbonyl (C=O) groups excluding carboxylic acids is 1. The van der Waals surface area contributed by atoms with E-state index >= 15 is 0 Å². The number of rotatable bonds is 5. The van der Waals surface area contributed by atoms with Crippen molar-refractivity contribution in [2.45, 2.75) is 47.7 Å². The molecule has 192 valence electrons. The summed E-state index contributed by atoms with van der Waals surface area (Å²) in [6.07, 6.45) is 1.73. The van der Waals surface area contributed by atoms with E-state index in [0.717, 1.165) is 29.9 Å². The van der Waals surface area contributed by atoms with E-state index in [0.29, 0.717) is 25.0 Å². The Kier molecular flexibility index (Phi) is 6.63. The molecule has 0 atom stereocenters. The minimum absolute atomic E-state index is 0.0418. The van der Waals surface area contributed by atoms with Crippen LogP contribution in [0.15, 0.2) is 53.5 Å². The summed E-state index contributed by atoms with van der Waals surface area (Å²) in [6.45, 7) is 13.8. The van der Waals surface area contributed by atoms with Crippen LogP contribution in [0.1, 0.15) is 33.6 Å². The summed E-state index contributed by atoms with van der Waals surface area (Å²) in [5, 5.41) is 5.89. The first-order valence-corrected chi connectivity index (χ1v) is 12.9. The van der Waals surface area contributed by atoms with Crippen LogP contribution >= 0.6 is 0 Å². The van der Waals surface area contributed by atoms with Gasteiger partial charge in [0.2, 0.25) is 5.91 Å². The van der Waals surface area contributed by atoms with Gasteiger partial charge in [0.25, 0.3) is 5.56 Å². The molecule has 7 heteroatoms. The molecule has 5 rings (SSSR count). The minimum Gasteiger partial charge on any atom is -0.368 e. The van der Waals surface area contributed by atoms with Gasteiger partial charge >= 0.3 is 0 Å². The van der Waals surface area contributed by atoms with Gasteiger partial charge in [-0.2, -0.15) is 5.10 Å². The Morgan fingerprint density at radius 2 is 1.59 bits per heavy atom. The minimum atomic E-state index is -0.205. The molecule has 4 aromatic rings. The molecular weight excluding hydrogens is 462 g/mol. The van der Waals surface area contributed by atoms with Crippen molar-refractivity contribution >= 4 is 22.4 Å². The lowest BCUT2D eigenvalue weighted by Gasteiger charge is -2.37. The summed E-state index contributed by atoms with van der Waals surface area (Å²) >= 11 is 0. The monoisotopic (exact) mass is 497 g/mol. The van der Waals surface area contributed by atoms with Crippen molar-refractivity contribution in [2.24, 2.45) is 0 Å². The van der Waals surface area contributed by atoms with Crippen molar-refractivity contribution in [3.8, 4) is 0 Å². The lowest BCUT2D eigenvalue weighted by molar-refractivity contribution is -0.132. The third-order valence-electron chi connectivity index (χ3n) is 7.90. The van der Waals surface area contributed by atoms with Crippen LogP contribution < -0.4 is 10.5 Å². The van der Waals surface area contributed by atoms with E-state index < -0.39 is 0 Å². The lowest BCUT2D eigenvalue weighted by Crippen LogP contribution is -2.50. The molecule has 2 aromatic heterocycles. The normalized spacial score (nSPS) is 14.0. The molecule has 1 aliphatic heterocycles. The van der Waals surface area contributed by atoms with Crippen LogP contribution in [0, 0.1) is 34.6 Å². The van der Waals surface area contributed by atoms with E-state index in [1.807, 2.05) is 18.7 Å². The third kappa shape index (κ3) is 4.66. The summed E-state index contributed by atoms with van der Waals surface area (Å²) in [5.41, 5.74) is 7.90. The highest BCUT2D eigenvalue weighted by Gasteiger charge is 2.24. The molecule has 0 aliphatic carbocycles. The summed E-state index contributed by atoms with van der Waals surface area (Å²) in [4.78, 5) is 30.8. The van der Waals surface area contributed by atoms with E-state index in [4.69, 9.17) is 0 Å². The molecule has 1 amide bonds. The fourth-order valence-corrected chi connectivity index (χ4v) is 5.37. The fourth-order valence-electron chi connectivity index (χ4n) is 5.37. The molecule has 2 aromatic carbocycles. The topological polar surface area (TPSA) is 63.4 Å². The maximum atomic E-state index is 13.4. The van der Waals surface area contributed by atoms with Crippen LogP contribution in [0.4, 0.5) is 5.69 Å². The highest BCUT2D eigenvalue weighted by Crippen LogP contribution is 2.25. The number of piperazine rings is 1. The van der Waals surface area contributed by atoms with Crippen LogP contribution in [0.3, 0.4) is 0 Å². The number of carbonyl (C=O) groups is 1. The number of nitrogens with zero attached hydrogens (tertiary/aromatic N) is 5. The number of hydrogen-bond acceptors (Lipinski definition) is 4. The quantitative estimate of drug-likeness (QED) is 0.416. The molecule has 7 nitrogen and oxygen atoms in total. The summed E-state index contributed by atoms with van der Waals surface area (Å²) in [5.74, 6) is -0.0666. The summed E-state index contributed by atoms with van der Waals surface area (Å²) in [7, 11) is 0. The van der Waals surface area contributed by atoms with Gasteiger partial charge in [0.1, 0.15) is 6.54 Å². The maximum absolute atomic E-state index is 13.4. The van der Waals surface area contributed by atoms with Gasteiger partial charge in [-0.3, -0.25) is 9.59 Å². The molecule has 0 radical (unpaired) electrons. The summed E-state index contributed by atoms with van der Waals surface area (Å²) < 4.78 is 3.49. The Morgan fingerprint density at radius 3 is 2.30 bits per heavy atom. The molecule has 37 heavy (non-hydrogen) atoms. The number of anilines is 1. The highest BCUT2D eigenvalue weighted by molar-refractivity contribution is 5.87. The second-order valence-corrected chi connectivity index (χ2v) is 10.2. The van der Waals surface area contributed by atoms with Crippen LogP contribution in [-0.4, -0.2) is 51.3 Å². The first-order chi connectivity index (χ1) is 17.7. The van der Waals surface area contributed by atoms with Gasteiger partial charge in [-0.25, -0.2) is 4.68 Å². The van der Waals surface area contributed by atoms with E-state index in [1.165, 1.54) is 32.6 Å². The lowest BCUT2D eigenvalue weighted by atomic mass is 10.1. The van der Waals surface area contributed by atoms with Crippen molar-refractivity contribution in [2.75, 3.05) is 31.1 Å². The Morgan fingerprint density at radius 1 is 0.892 bits per heavy atom. The van der Waals surface area contributed by atoms with Crippen molar-refractivity contribution < 1.29 is 4.79 Å². The van der Waals surface area contributed by atoms with Crippen LogP contribution in [0.2, 0.25) is 0 Å². The average Bonchev–Trinajstić information content (AvgIpc) is 3.13. The first kappa shape index (κ1) is 24.8. The van der Waals surface area contributed by atoms with Crippen LogP contribution in [-0.2, 0) is 17.9 Å². The van der Waals surface area contributed by atoms with E-state index in [2.05, 4.69) is 77.8 Å². The van der Waals surface area contributed by atoms with E-state index in [1.54, 1.807) is 6.20 Å². The van der Waals surface area contributed by atoms with Gasteiger partial charge in [-0.05, 0) is 57.4 Å². The average molecular weight is 498 g/mol. The molecule has 3 heterocycles. The zero-order valence-electron chi connectivity index (χ0n) is 22.4. The molecule has 1 fully saturated rings. The van der Waals surface area contributed by atoms with Crippen LogP contribution in [0.25, 0.3) is 10.8 Å². The molecule has 0 saturated carbocycles. The standard InChI is InChI=1S/C30H35N5O2/c1-20-9-11-25(12-10-20)18-34-23(4)26-17-31-35(30(37)29(26)24(34)5)19-28(36)33-15-13-32(14-16-33)27-8-6-7-21(2)22(27)3/h6-12,17H,13-16,18-19H2,1-5H3. The first-order valence-electron chi connectivity index (χ1n) is 12.9. The van der Waals surface area contributed by atoms with Gasteiger partial charge in [-0.1, -0.05) is 42.0 Å². The van der Waals surface area contributed by atoms with Gasteiger partial charge in [0.15, 0.2) is 0 Å². The number of aromatic nitrogens is 3. The van der Waals surface area contributed by atoms with E-state index in [-0.39, 0.29) is 18.0 Å². The van der Waals surface area contributed by atoms with E-state index in [9.17, 15) is 9.59 Å². The second kappa shape index (κ2) is 9.88. The van der Waals surface area contributed by atoms with Gasteiger partial charge < -0.3 is 14.4 Å². The Bertz CT molecular complexity index is 1520.